The highest BCUT2D eigenvalue weighted by atomic mass is 19.1. The first-order valence-corrected chi connectivity index (χ1v) is 15.6. The molecule has 0 saturated carbocycles. The molecule has 220 valence electrons. The molecule has 0 saturated heterocycles. The van der Waals surface area contributed by atoms with Crippen LogP contribution in [0.4, 0.5) is 4.39 Å². The number of hydrogen-bond acceptors (Lipinski definition) is 3. The molecule has 0 spiro atoms. The van der Waals surface area contributed by atoms with E-state index in [4.69, 9.17) is 9.97 Å². The normalized spacial score (nSPS) is 11.5. The smallest absolute Gasteiger partial charge is 0.160 e. The van der Waals surface area contributed by atoms with Gasteiger partial charge in [0.15, 0.2) is 5.82 Å². The van der Waals surface area contributed by atoms with Crippen molar-refractivity contribution < 1.29 is 4.39 Å². The van der Waals surface area contributed by atoms with Crippen molar-refractivity contribution in [2.45, 2.75) is 0 Å². The van der Waals surface area contributed by atoms with E-state index < -0.39 is 0 Å². The first-order valence-electron chi connectivity index (χ1n) is 15.6. The minimum absolute atomic E-state index is 0.211. The molecule has 47 heavy (non-hydrogen) atoms. The molecule has 0 atom stereocenters. The zero-order chi connectivity index (χ0) is 31.3. The summed E-state index contributed by atoms with van der Waals surface area (Å²) in [5.41, 5.74) is 9.13. The fourth-order valence-electron chi connectivity index (χ4n) is 6.68. The minimum atomic E-state index is -0.211. The first kappa shape index (κ1) is 27.1. The number of halogens is 1. The van der Waals surface area contributed by atoms with Crippen molar-refractivity contribution in [3.05, 3.63) is 164 Å². The van der Waals surface area contributed by atoms with Gasteiger partial charge in [0.2, 0.25) is 0 Å². The Morgan fingerprint density at radius 3 is 1.74 bits per heavy atom. The lowest BCUT2D eigenvalue weighted by atomic mass is 9.89. The van der Waals surface area contributed by atoms with Crippen molar-refractivity contribution in [3.63, 3.8) is 0 Å². The Morgan fingerprint density at radius 1 is 0.426 bits per heavy atom. The number of benzene rings is 7. The highest BCUT2D eigenvalue weighted by Gasteiger charge is 2.15. The Kier molecular flexibility index (Phi) is 6.32. The molecule has 7 aromatic carbocycles. The van der Waals surface area contributed by atoms with Crippen LogP contribution in [0.15, 0.2) is 158 Å². The third-order valence-electron chi connectivity index (χ3n) is 8.99. The molecule has 9 aromatic rings. The maximum atomic E-state index is 14.3. The molecule has 0 amide bonds. The summed E-state index contributed by atoms with van der Waals surface area (Å²) in [6.45, 7) is 0. The number of nitrogens with zero attached hydrogens (tertiary/aromatic N) is 3. The molecule has 0 bridgehead atoms. The van der Waals surface area contributed by atoms with Crippen LogP contribution in [0.2, 0.25) is 0 Å². The molecule has 9 rings (SSSR count). The number of pyridine rings is 1. The summed E-state index contributed by atoms with van der Waals surface area (Å²) in [5, 5.41) is 6.43. The van der Waals surface area contributed by atoms with E-state index in [1.165, 1.54) is 5.39 Å². The third-order valence-corrected chi connectivity index (χ3v) is 8.99. The van der Waals surface area contributed by atoms with Crippen LogP contribution in [-0.4, -0.2) is 15.0 Å². The summed E-state index contributed by atoms with van der Waals surface area (Å²) < 4.78 is 14.3. The second-order valence-electron chi connectivity index (χ2n) is 11.8. The summed E-state index contributed by atoms with van der Waals surface area (Å²) in [6, 6.07) is 49.0. The van der Waals surface area contributed by atoms with E-state index in [2.05, 4.69) is 102 Å². The topological polar surface area (TPSA) is 38.7 Å². The molecule has 0 aliphatic rings. The predicted molar refractivity (Wildman–Crippen MR) is 191 cm³/mol. The van der Waals surface area contributed by atoms with Crippen molar-refractivity contribution >= 4 is 32.3 Å². The molecule has 0 aliphatic heterocycles. The highest BCUT2D eigenvalue weighted by molar-refractivity contribution is 6.25. The van der Waals surface area contributed by atoms with Crippen molar-refractivity contribution in [1.29, 1.82) is 0 Å². The molecule has 2 aromatic heterocycles. The van der Waals surface area contributed by atoms with Gasteiger partial charge in [0.1, 0.15) is 5.82 Å². The summed E-state index contributed by atoms with van der Waals surface area (Å²) in [7, 11) is 0. The Morgan fingerprint density at radius 2 is 1.02 bits per heavy atom. The van der Waals surface area contributed by atoms with Gasteiger partial charge in [-0.05, 0) is 78.8 Å². The standard InChI is InChI=1S/C43H26FN3/c44-36-23-33-17-14-31-18-20-37(38-21-19-34(24-36)41(33)42(31)38)28-10-12-30(13-11-28)40-25-39(29-5-2-1-3-6-29)46-43(47-40)32-15-8-27(9-16-32)35-7-4-22-45-26-35/h1-26H. The monoisotopic (exact) mass is 603 g/mol. The van der Waals surface area contributed by atoms with E-state index in [9.17, 15) is 4.39 Å². The van der Waals surface area contributed by atoms with E-state index >= 15 is 0 Å². The molecule has 0 N–H and O–H groups in total. The van der Waals surface area contributed by atoms with Gasteiger partial charge in [0, 0.05) is 29.1 Å². The minimum Gasteiger partial charge on any atom is -0.264 e. The van der Waals surface area contributed by atoms with Crippen LogP contribution in [-0.2, 0) is 0 Å². The lowest BCUT2D eigenvalue weighted by molar-refractivity contribution is 0.631. The Bertz CT molecular complexity index is 2530. The van der Waals surface area contributed by atoms with Crippen molar-refractivity contribution in [1.82, 2.24) is 15.0 Å². The number of rotatable bonds is 5. The molecule has 2 heterocycles. The summed E-state index contributed by atoms with van der Waals surface area (Å²) in [6.07, 6.45) is 3.65. The van der Waals surface area contributed by atoms with Crippen molar-refractivity contribution in [2.75, 3.05) is 0 Å². The summed E-state index contributed by atoms with van der Waals surface area (Å²) in [4.78, 5) is 14.3. The highest BCUT2D eigenvalue weighted by Crippen LogP contribution is 2.40. The van der Waals surface area contributed by atoms with Crippen LogP contribution in [0.5, 0.6) is 0 Å². The molecular formula is C43H26FN3. The van der Waals surface area contributed by atoms with Crippen LogP contribution in [0.3, 0.4) is 0 Å². The lowest BCUT2D eigenvalue weighted by Crippen LogP contribution is -1.96. The molecule has 0 unspecified atom stereocenters. The fraction of sp³-hybridized carbons (Fsp3) is 0. The lowest BCUT2D eigenvalue weighted by Gasteiger charge is -2.15. The summed E-state index contributed by atoms with van der Waals surface area (Å²) in [5.74, 6) is 0.461. The van der Waals surface area contributed by atoms with Crippen molar-refractivity contribution in [3.8, 4) is 56.2 Å². The van der Waals surface area contributed by atoms with Gasteiger partial charge in [-0.1, -0.05) is 121 Å². The van der Waals surface area contributed by atoms with E-state index in [1.807, 2.05) is 42.6 Å². The number of hydrogen-bond donors (Lipinski definition) is 0. The van der Waals surface area contributed by atoms with E-state index in [1.54, 1.807) is 18.3 Å². The van der Waals surface area contributed by atoms with Crippen LogP contribution < -0.4 is 0 Å². The molecule has 3 nitrogen and oxygen atoms in total. The van der Waals surface area contributed by atoms with Crippen LogP contribution >= 0.6 is 0 Å². The molecule has 0 radical (unpaired) electrons. The predicted octanol–water partition coefficient (Wildman–Crippen LogP) is 11.2. The Hall–Kier alpha value is -6.26. The second-order valence-corrected chi connectivity index (χ2v) is 11.8. The van der Waals surface area contributed by atoms with Gasteiger partial charge >= 0.3 is 0 Å². The molecule has 4 heteroatoms. The molecule has 0 fully saturated rings. The Labute approximate surface area is 271 Å². The van der Waals surface area contributed by atoms with Crippen LogP contribution in [0.1, 0.15) is 0 Å². The van der Waals surface area contributed by atoms with Gasteiger partial charge in [-0.3, -0.25) is 4.98 Å². The average Bonchev–Trinajstić information content (AvgIpc) is 3.14. The SMILES string of the molecule is Fc1cc2ccc3ccc(-c4ccc(-c5cc(-c6ccccc6)nc(-c6ccc(-c7cccnc7)cc6)n5)cc4)c4ccc(c1)c2c34. The van der Waals surface area contributed by atoms with E-state index in [-0.39, 0.29) is 5.82 Å². The van der Waals surface area contributed by atoms with Gasteiger partial charge in [-0.15, -0.1) is 0 Å². The fourth-order valence-corrected chi connectivity index (χ4v) is 6.68. The van der Waals surface area contributed by atoms with Gasteiger partial charge < -0.3 is 0 Å². The quantitative estimate of drug-likeness (QED) is 0.184. The largest absolute Gasteiger partial charge is 0.264 e. The zero-order valence-corrected chi connectivity index (χ0v) is 25.2. The maximum absolute atomic E-state index is 14.3. The first-order chi connectivity index (χ1) is 23.2. The average molecular weight is 604 g/mol. The van der Waals surface area contributed by atoms with E-state index in [0.717, 1.165) is 77.3 Å². The molecular weight excluding hydrogens is 577 g/mol. The van der Waals surface area contributed by atoms with Gasteiger partial charge in [0.05, 0.1) is 11.4 Å². The van der Waals surface area contributed by atoms with Crippen LogP contribution in [0.25, 0.3) is 88.5 Å². The second kappa shape index (κ2) is 11.0. The summed E-state index contributed by atoms with van der Waals surface area (Å²) >= 11 is 0. The van der Waals surface area contributed by atoms with Crippen LogP contribution in [0, 0.1) is 5.82 Å². The van der Waals surface area contributed by atoms with E-state index in [0.29, 0.717) is 5.82 Å². The number of aromatic nitrogens is 3. The zero-order valence-electron chi connectivity index (χ0n) is 25.2. The third kappa shape index (κ3) is 4.79. The van der Waals surface area contributed by atoms with Gasteiger partial charge in [-0.2, -0.15) is 0 Å². The maximum Gasteiger partial charge on any atom is 0.160 e. The van der Waals surface area contributed by atoms with Crippen molar-refractivity contribution in [2.24, 2.45) is 0 Å². The molecule has 0 aliphatic carbocycles. The van der Waals surface area contributed by atoms with Gasteiger partial charge in [0.25, 0.3) is 0 Å². The van der Waals surface area contributed by atoms with Gasteiger partial charge in [-0.25, -0.2) is 14.4 Å². The Balaban J connectivity index is 1.13.